The molecule has 0 atom stereocenters. The molecule has 0 aliphatic heterocycles. The van der Waals surface area contributed by atoms with E-state index in [0.29, 0.717) is 5.69 Å². The summed E-state index contributed by atoms with van der Waals surface area (Å²) in [5, 5.41) is 4.28. The molecule has 4 heteroatoms. The summed E-state index contributed by atoms with van der Waals surface area (Å²) in [6, 6.07) is 8.07. The van der Waals surface area contributed by atoms with Crippen LogP contribution in [-0.2, 0) is 0 Å². The van der Waals surface area contributed by atoms with E-state index in [2.05, 4.69) is 5.10 Å². The van der Waals surface area contributed by atoms with Gasteiger partial charge in [0.2, 0.25) is 0 Å². The predicted octanol–water partition coefficient (Wildman–Crippen LogP) is 3.47. The van der Waals surface area contributed by atoms with Crippen molar-refractivity contribution in [3.63, 3.8) is 0 Å². The highest BCUT2D eigenvalue weighted by Gasteiger charge is 2.14. The Morgan fingerprint density at radius 1 is 1.28 bits per heavy atom. The molecule has 0 aliphatic carbocycles. The van der Waals surface area contributed by atoms with Crippen molar-refractivity contribution in [2.24, 2.45) is 0 Å². The van der Waals surface area contributed by atoms with Crippen LogP contribution in [0.25, 0.3) is 11.3 Å². The number of hydrogen-bond acceptors (Lipinski definition) is 2. The highest BCUT2D eigenvalue weighted by atomic mass is 19.1. The summed E-state index contributed by atoms with van der Waals surface area (Å²) in [5.74, 6) is -0.348. The van der Waals surface area contributed by atoms with Crippen LogP contribution in [0.3, 0.4) is 0 Å². The van der Waals surface area contributed by atoms with Crippen molar-refractivity contribution in [2.45, 2.75) is 26.8 Å². The molecule has 0 fully saturated rings. The van der Waals surface area contributed by atoms with Crippen molar-refractivity contribution in [1.82, 2.24) is 9.78 Å². The molecule has 0 N–H and O–H groups in total. The molecule has 1 heterocycles. The predicted molar refractivity (Wildman–Crippen MR) is 68.0 cm³/mol. The zero-order valence-electron chi connectivity index (χ0n) is 10.6. The maximum atomic E-state index is 12.9. The largest absolute Gasteiger partial charge is 0.293 e. The molecule has 2 aromatic rings. The Morgan fingerprint density at radius 3 is 2.39 bits per heavy atom. The molecule has 0 saturated carbocycles. The van der Waals surface area contributed by atoms with Crippen molar-refractivity contribution < 1.29 is 9.18 Å². The van der Waals surface area contributed by atoms with Gasteiger partial charge in [-0.2, -0.15) is 5.10 Å². The first-order valence-electron chi connectivity index (χ1n) is 5.85. The standard InChI is InChI=1S/C14H15FN2O/c1-9(2)17-14(8-13(16-17)10(3)18)11-4-6-12(15)7-5-11/h4-9H,1-3H3. The molecule has 0 unspecified atom stereocenters. The van der Waals surface area contributed by atoms with Crippen LogP contribution < -0.4 is 0 Å². The molecule has 0 saturated heterocycles. The Morgan fingerprint density at radius 2 is 1.89 bits per heavy atom. The molecule has 2 rings (SSSR count). The Kier molecular flexibility index (Phi) is 3.28. The minimum absolute atomic E-state index is 0.0715. The first-order valence-corrected chi connectivity index (χ1v) is 5.85. The summed E-state index contributed by atoms with van der Waals surface area (Å²) < 4.78 is 14.7. The molecule has 1 aromatic heterocycles. The Labute approximate surface area is 105 Å². The number of halogens is 1. The number of aromatic nitrogens is 2. The second-order valence-corrected chi connectivity index (χ2v) is 4.52. The minimum atomic E-state index is -0.277. The lowest BCUT2D eigenvalue weighted by atomic mass is 10.1. The summed E-state index contributed by atoms with van der Waals surface area (Å²) >= 11 is 0. The number of hydrogen-bond donors (Lipinski definition) is 0. The van der Waals surface area contributed by atoms with Crippen molar-refractivity contribution in [1.29, 1.82) is 0 Å². The first kappa shape index (κ1) is 12.5. The lowest BCUT2D eigenvalue weighted by molar-refractivity contribution is 0.101. The van der Waals surface area contributed by atoms with E-state index in [1.807, 2.05) is 13.8 Å². The lowest BCUT2D eigenvalue weighted by Crippen LogP contribution is -2.06. The third kappa shape index (κ3) is 2.32. The number of benzene rings is 1. The number of carbonyl (C=O) groups is 1. The van der Waals surface area contributed by atoms with Crippen LogP contribution in [0.1, 0.15) is 37.3 Å². The van der Waals surface area contributed by atoms with E-state index < -0.39 is 0 Å². The SMILES string of the molecule is CC(=O)c1cc(-c2ccc(F)cc2)n(C(C)C)n1. The van der Waals surface area contributed by atoms with Gasteiger partial charge in [0.25, 0.3) is 0 Å². The summed E-state index contributed by atoms with van der Waals surface area (Å²) in [4.78, 5) is 11.4. The Balaban J connectivity index is 2.54. The highest BCUT2D eigenvalue weighted by Crippen LogP contribution is 2.24. The molecule has 18 heavy (non-hydrogen) atoms. The summed E-state index contributed by atoms with van der Waals surface area (Å²) in [6.45, 7) is 5.47. The van der Waals surface area contributed by atoms with Gasteiger partial charge in [-0.25, -0.2) is 4.39 Å². The monoisotopic (exact) mass is 246 g/mol. The molecule has 0 amide bonds. The van der Waals surface area contributed by atoms with Gasteiger partial charge in [-0.15, -0.1) is 0 Å². The van der Waals surface area contributed by atoms with Gasteiger partial charge >= 0.3 is 0 Å². The van der Waals surface area contributed by atoms with E-state index in [9.17, 15) is 9.18 Å². The second kappa shape index (κ2) is 4.72. The summed E-state index contributed by atoms with van der Waals surface area (Å²) in [6.07, 6.45) is 0. The quantitative estimate of drug-likeness (QED) is 0.777. The van der Waals surface area contributed by atoms with Crippen LogP contribution in [0.2, 0.25) is 0 Å². The van der Waals surface area contributed by atoms with E-state index >= 15 is 0 Å². The summed E-state index contributed by atoms with van der Waals surface area (Å²) in [5.41, 5.74) is 2.11. The lowest BCUT2D eigenvalue weighted by Gasteiger charge is -2.10. The van der Waals surface area contributed by atoms with Crippen LogP contribution >= 0.6 is 0 Å². The van der Waals surface area contributed by atoms with Crippen molar-refractivity contribution in [3.8, 4) is 11.3 Å². The van der Waals surface area contributed by atoms with E-state index in [-0.39, 0.29) is 17.6 Å². The highest BCUT2D eigenvalue weighted by molar-refractivity contribution is 5.93. The normalized spacial score (nSPS) is 10.9. The molecule has 1 aromatic carbocycles. The average Bonchev–Trinajstić information content (AvgIpc) is 2.75. The van der Waals surface area contributed by atoms with E-state index in [1.54, 1.807) is 22.9 Å². The molecule has 0 spiro atoms. The average molecular weight is 246 g/mol. The van der Waals surface area contributed by atoms with Gasteiger partial charge in [0.15, 0.2) is 5.78 Å². The third-order valence-electron chi connectivity index (χ3n) is 2.73. The number of nitrogens with zero attached hydrogens (tertiary/aromatic N) is 2. The fraction of sp³-hybridized carbons (Fsp3) is 0.286. The van der Waals surface area contributed by atoms with Gasteiger partial charge in [-0.05, 0) is 44.2 Å². The number of Topliss-reactive ketones (excluding diaryl/α,β-unsaturated/α-hetero) is 1. The molecule has 0 aliphatic rings. The molecule has 0 radical (unpaired) electrons. The van der Waals surface area contributed by atoms with Gasteiger partial charge in [0.05, 0.1) is 5.69 Å². The van der Waals surface area contributed by atoms with Crippen molar-refractivity contribution >= 4 is 5.78 Å². The smallest absolute Gasteiger partial charge is 0.180 e. The zero-order chi connectivity index (χ0) is 13.3. The van der Waals surface area contributed by atoms with Crippen molar-refractivity contribution in [3.05, 3.63) is 41.8 Å². The van der Waals surface area contributed by atoms with Crippen molar-refractivity contribution in [2.75, 3.05) is 0 Å². The molecule has 0 bridgehead atoms. The van der Waals surface area contributed by atoms with Gasteiger partial charge in [0.1, 0.15) is 11.5 Å². The maximum absolute atomic E-state index is 12.9. The van der Waals surface area contributed by atoms with Gasteiger partial charge in [0, 0.05) is 18.5 Å². The zero-order valence-corrected chi connectivity index (χ0v) is 10.6. The van der Waals surface area contributed by atoms with Crippen LogP contribution in [0.15, 0.2) is 30.3 Å². The second-order valence-electron chi connectivity index (χ2n) is 4.52. The first-order chi connectivity index (χ1) is 8.49. The third-order valence-corrected chi connectivity index (χ3v) is 2.73. The Bertz CT molecular complexity index is 570. The minimum Gasteiger partial charge on any atom is -0.293 e. The number of carbonyl (C=O) groups excluding carboxylic acids is 1. The fourth-order valence-corrected chi connectivity index (χ4v) is 1.80. The number of ketones is 1. The molecular weight excluding hydrogens is 231 g/mol. The molecule has 94 valence electrons. The van der Waals surface area contributed by atoms with Gasteiger partial charge in [-0.1, -0.05) is 0 Å². The van der Waals surface area contributed by atoms with Crippen LogP contribution in [0.4, 0.5) is 4.39 Å². The number of rotatable bonds is 3. The van der Waals surface area contributed by atoms with E-state index in [0.717, 1.165) is 11.3 Å². The topological polar surface area (TPSA) is 34.9 Å². The van der Waals surface area contributed by atoms with Crippen LogP contribution in [-0.4, -0.2) is 15.6 Å². The molecule has 3 nitrogen and oxygen atoms in total. The summed E-state index contributed by atoms with van der Waals surface area (Å²) in [7, 11) is 0. The van der Waals surface area contributed by atoms with E-state index in [1.165, 1.54) is 19.1 Å². The maximum Gasteiger partial charge on any atom is 0.180 e. The Hall–Kier alpha value is -1.97. The van der Waals surface area contributed by atoms with Gasteiger partial charge in [-0.3, -0.25) is 9.48 Å². The van der Waals surface area contributed by atoms with E-state index in [4.69, 9.17) is 0 Å². The van der Waals surface area contributed by atoms with Crippen LogP contribution in [0.5, 0.6) is 0 Å². The molecular formula is C14H15FN2O. The van der Waals surface area contributed by atoms with Crippen LogP contribution in [0, 0.1) is 5.82 Å². The fourth-order valence-electron chi connectivity index (χ4n) is 1.80. The van der Waals surface area contributed by atoms with Gasteiger partial charge < -0.3 is 0 Å².